The monoisotopic (exact) mass is 328 g/mol. The van der Waals surface area contributed by atoms with Crippen LogP contribution < -0.4 is 0 Å². The molecule has 0 radical (unpaired) electrons. The van der Waals surface area contributed by atoms with Crippen molar-refractivity contribution in [3.63, 3.8) is 0 Å². The summed E-state index contributed by atoms with van der Waals surface area (Å²) in [5.41, 5.74) is 2.09. The number of fused-ring (bicyclic) bond motifs is 1. The SMILES string of the molecule is CCOC(=O)c1ccc(-c2nc3ccc([N+](=O)[O-])cc3s2)cc1. The first-order chi connectivity index (χ1) is 11.1. The average molecular weight is 328 g/mol. The van der Waals surface area contributed by atoms with Crippen molar-refractivity contribution in [2.45, 2.75) is 6.92 Å². The lowest BCUT2D eigenvalue weighted by atomic mass is 10.1. The van der Waals surface area contributed by atoms with E-state index in [1.807, 2.05) is 0 Å². The number of nitro groups is 1. The second-order valence-corrected chi connectivity index (χ2v) is 5.76. The Balaban J connectivity index is 1.93. The fraction of sp³-hybridized carbons (Fsp3) is 0.125. The van der Waals surface area contributed by atoms with Crippen LogP contribution in [0.25, 0.3) is 20.8 Å². The van der Waals surface area contributed by atoms with Crippen molar-refractivity contribution >= 4 is 33.2 Å². The Morgan fingerprint density at radius 1 is 1.26 bits per heavy atom. The minimum Gasteiger partial charge on any atom is -0.462 e. The van der Waals surface area contributed by atoms with Gasteiger partial charge in [-0.1, -0.05) is 12.1 Å². The Morgan fingerprint density at radius 2 is 2.00 bits per heavy atom. The van der Waals surface area contributed by atoms with Crippen molar-refractivity contribution in [2.75, 3.05) is 6.61 Å². The van der Waals surface area contributed by atoms with Gasteiger partial charge in [0.05, 0.1) is 27.3 Å². The number of esters is 1. The third-order valence-corrected chi connectivity index (χ3v) is 4.29. The summed E-state index contributed by atoms with van der Waals surface area (Å²) in [4.78, 5) is 26.5. The summed E-state index contributed by atoms with van der Waals surface area (Å²) in [7, 11) is 0. The number of carbonyl (C=O) groups excluding carboxylic acids is 1. The Labute approximate surface area is 135 Å². The highest BCUT2D eigenvalue weighted by atomic mass is 32.1. The van der Waals surface area contributed by atoms with Crippen LogP contribution in [-0.4, -0.2) is 22.5 Å². The van der Waals surface area contributed by atoms with Crippen LogP contribution in [0.5, 0.6) is 0 Å². The molecule has 7 heteroatoms. The second-order valence-electron chi connectivity index (χ2n) is 4.73. The molecule has 6 nitrogen and oxygen atoms in total. The van der Waals surface area contributed by atoms with Crippen molar-refractivity contribution in [3.8, 4) is 10.6 Å². The van der Waals surface area contributed by atoms with Crippen LogP contribution in [0.1, 0.15) is 17.3 Å². The van der Waals surface area contributed by atoms with Crippen LogP contribution in [0.3, 0.4) is 0 Å². The Hall–Kier alpha value is -2.80. The number of aromatic nitrogens is 1. The molecule has 0 aliphatic carbocycles. The number of ether oxygens (including phenoxy) is 1. The van der Waals surface area contributed by atoms with E-state index < -0.39 is 4.92 Å². The molecule has 0 unspecified atom stereocenters. The molecule has 0 N–H and O–H groups in total. The highest BCUT2D eigenvalue weighted by Gasteiger charge is 2.12. The Bertz CT molecular complexity index is 887. The molecule has 3 rings (SSSR count). The van der Waals surface area contributed by atoms with Crippen LogP contribution in [0.2, 0.25) is 0 Å². The molecule has 2 aromatic carbocycles. The maximum Gasteiger partial charge on any atom is 0.338 e. The molecule has 0 bridgehead atoms. The first-order valence-corrected chi connectivity index (χ1v) is 7.72. The van der Waals surface area contributed by atoms with Gasteiger partial charge in [-0.25, -0.2) is 9.78 Å². The first kappa shape index (κ1) is 15.1. The van der Waals surface area contributed by atoms with Crippen molar-refractivity contribution in [1.82, 2.24) is 4.98 Å². The first-order valence-electron chi connectivity index (χ1n) is 6.91. The standard InChI is InChI=1S/C16H12N2O4S/c1-2-22-16(19)11-5-3-10(4-6-11)15-17-13-8-7-12(18(20)21)9-14(13)23-15/h3-9H,2H2,1H3. The summed E-state index contributed by atoms with van der Waals surface area (Å²) in [5.74, 6) is -0.362. The van der Waals surface area contributed by atoms with Gasteiger partial charge in [0.15, 0.2) is 0 Å². The third kappa shape index (κ3) is 3.04. The molecule has 0 aliphatic rings. The van der Waals surface area contributed by atoms with Gasteiger partial charge in [0.25, 0.3) is 5.69 Å². The number of hydrogen-bond donors (Lipinski definition) is 0. The highest BCUT2D eigenvalue weighted by Crippen LogP contribution is 2.32. The predicted molar refractivity (Wildman–Crippen MR) is 87.7 cm³/mol. The number of benzene rings is 2. The summed E-state index contributed by atoms with van der Waals surface area (Å²) in [6.45, 7) is 2.09. The molecule has 3 aromatic rings. The van der Waals surface area contributed by atoms with Crippen molar-refractivity contribution in [2.24, 2.45) is 0 Å². The molecule has 1 aromatic heterocycles. The molecule has 0 saturated heterocycles. The second kappa shape index (κ2) is 6.13. The predicted octanol–water partition coefficient (Wildman–Crippen LogP) is 4.05. The quantitative estimate of drug-likeness (QED) is 0.410. The number of hydrogen-bond acceptors (Lipinski definition) is 6. The fourth-order valence-corrected chi connectivity index (χ4v) is 3.12. The van der Waals surface area contributed by atoms with Gasteiger partial charge in [0, 0.05) is 17.7 Å². The van der Waals surface area contributed by atoms with Crippen molar-refractivity contribution in [1.29, 1.82) is 0 Å². The van der Waals surface area contributed by atoms with E-state index in [0.717, 1.165) is 15.3 Å². The normalized spacial score (nSPS) is 10.7. The molecule has 0 fully saturated rings. The number of non-ortho nitro benzene ring substituents is 1. The molecule has 0 aliphatic heterocycles. The molecule has 116 valence electrons. The van der Waals surface area contributed by atoms with Gasteiger partial charge < -0.3 is 4.74 Å². The van der Waals surface area contributed by atoms with Gasteiger partial charge in [0.1, 0.15) is 5.01 Å². The van der Waals surface area contributed by atoms with E-state index in [0.29, 0.717) is 17.7 Å². The van der Waals surface area contributed by atoms with Gasteiger partial charge in [-0.15, -0.1) is 11.3 Å². The maximum absolute atomic E-state index is 11.6. The topological polar surface area (TPSA) is 82.3 Å². The van der Waals surface area contributed by atoms with Crippen molar-refractivity contribution < 1.29 is 14.5 Å². The molecular weight excluding hydrogens is 316 g/mol. The molecular formula is C16H12N2O4S. The smallest absolute Gasteiger partial charge is 0.338 e. The lowest BCUT2D eigenvalue weighted by molar-refractivity contribution is -0.384. The van der Waals surface area contributed by atoms with Crippen LogP contribution in [0.4, 0.5) is 5.69 Å². The number of nitrogens with zero attached hydrogens (tertiary/aromatic N) is 2. The zero-order valence-corrected chi connectivity index (χ0v) is 13.0. The molecule has 23 heavy (non-hydrogen) atoms. The van der Waals surface area contributed by atoms with Gasteiger partial charge in [-0.3, -0.25) is 10.1 Å². The molecule has 0 amide bonds. The van der Waals surface area contributed by atoms with Gasteiger partial charge in [0.2, 0.25) is 0 Å². The minimum absolute atomic E-state index is 0.0466. The number of thiazole rings is 1. The van der Waals surface area contributed by atoms with Crippen LogP contribution in [-0.2, 0) is 4.74 Å². The summed E-state index contributed by atoms with van der Waals surface area (Å²) in [6, 6.07) is 11.5. The zero-order valence-electron chi connectivity index (χ0n) is 12.2. The maximum atomic E-state index is 11.6. The van der Waals surface area contributed by atoms with Crippen LogP contribution in [0.15, 0.2) is 42.5 Å². The van der Waals surface area contributed by atoms with E-state index in [1.54, 1.807) is 37.3 Å². The van der Waals surface area contributed by atoms with Gasteiger partial charge >= 0.3 is 5.97 Å². The largest absolute Gasteiger partial charge is 0.462 e. The van der Waals surface area contributed by atoms with E-state index in [1.165, 1.54) is 23.5 Å². The molecule has 0 atom stereocenters. The van der Waals surface area contributed by atoms with E-state index >= 15 is 0 Å². The molecule has 0 spiro atoms. The Morgan fingerprint density at radius 3 is 2.65 bits per heavy atom. The molecule has 1 heterocycles. The van der Waals surface area contributed by atoms with Gasteiger partial charge in [-0.2, -0.15) is 0 Å². The van der Waals surface area contributed by atoms with E-state index in [9.17, 15) is 14.9 Å². The van der Waals surface area contributed by atoms with Crippen LogP contribution in [0, 0.1) is 10.1 Å². The van der Waals surface area contributed by atoms with E-state index in [2.05, 4.69) is 4.98 Å². The highest BCUT2D eigenvalue weighted by molar-refractivity contribution is 7.21. The van der Waals surface area contributed by atoms with E-state index in [-0.39, 0.29) is 11.7 Å². The lowest BCUT2D eigenvalue weighted by Crippen LogP contribution is -2.03. The average Bonchev–Trinajstić information content (AvgIpc) is 2.98. The molecule has 0 saturated carbocycles. The Kier molecular flexibility index (Phi) is 4.03. The summed E-state index contributed by atoms with van der Waals surface area (Å²) in [6.07, 6.45) is 0. The number of carbonyl (C=O) groups is 1. The zero-order chi connectivity index (χ0) is 16.4. The van der Waals surface area contributed by atoms with Gasteiger partial charge in [-0.05, 0) is 25.1 Å². The summed E-state index contributed by atoms with van der Waals surface area (Å²) < 4.78 is 5.69. The minimum atomic E-state index is -0.424. The summed E-state index contributed by atoms with van der Waals surface area (Å²) in [5, 5.41) is 11.6. The third-order valence-electron chi connectivity index (χ3n) is 3.23. The summed E-state index contributed by atoms with van der Waals surface area (Å²) >= 11 is 1.37. The van der Waals surface area contributed by atoms with E-state index in [4.69, 9.17) is 4.74 Å². The van der Waals surface area contributed by atoms with Crippen LogP contribution >= 0.6 is 11.3 Å². The lowest BCUT2D eigenvalue weighted by Gasteiger charge is -2.02. The number of rotatable bonds is 4. The fourth-order valence-electron chi connectivity index (χ4n) is 2.11. The number of nitro benzene ring substituents is 1. The van der Waals surface area contributed by atoms with Crippen molar-refractivity contribution in [3.05, 3.63) is 58.1 Å².